The van der Waals surface area contributed by atoms with Gasteiger partial charge in [0.2, 0.25) is 0 Å². The predicted molar refractivity (Wildman–Crippen MR) is 69.5 cm³/mol. The Morgan fingerprint density at radius 2 is 2.18 bits per heavy atom. The fourth-order valence-corrected chi connectivity index (χ4v) is 2.10. The van der Waals surface area contributed by atoms with Crippen LogP contribution in [-0.2, 0) is 0 Å². The first-order valence-electron chi connectivity index (χ1n) is 6.20. The number of hydrogen-bond donors (Lipinski definition) is 2. The van der Waals surface area contributed by atoms with E-state index in [2.05, 4.69) is 18.3 Å². The van der Waals surface area contributed by atoms with Gasteiger partial charge >= 0.3 is 0 Å². The van der Waals surface area contributed by atoms with Crippen LogP contribution in [0.4, 0.5) is 0 Å². The second-order valence-electron chi connectivity index (χ2n) is 4.46. The van der Waals surface area contributed by atoms with Crippen molar-refractivity contribution in [2.75, 3.05) is 6.54 Å². The van der Waals surface area contributed by atoms with E-state index in [0.29, 0.717) is 5.92 Å². The smallest absolute Gasteiger partial charge is 0.119 e. The van der Waals surface area contributed by atoms with Crippen molar-refractivity contribution in [1.29, 1.82) is 0 Å². The van der Waals surface area contributed by atoms with Crippen LogP contribution < -0.4 is 15.8 Å². The highest BCUT2D eigenvalue weighted by atomic mass is 16.5. The highest BCUT2D eigenvalue weighted by Crippen LogP contribution is 2.20. The monoisotopic (exact) mass is 232 g/mol. The summed E-state index contributed by atoms with van der Waals surface area (Å²) >= 11 is 0. The van der Waals surface area contributed by atoms with Crippen LogP contribution in [0.25, 0.3) is 0 Å². The first-order valence-corrected chi connectivity index (χ1v) is 6.20. The third-order valence-corrected chi connectivity index (χ3v) is 3.05. The summed E-state index contributed by atoms with van der Waals surface area (Å²) in [5.41, 5.74) is 5.70. The summed E-state index contributed by atoms with van der Waals surface area (Å²) in [7, 11) is 0. The number of ether oxygens (including phenoxy) is 1. The molecule has 0 aromatic heterocycles. The number of hydrogen-bond acceptors (Lipinski definition) is 3. The Hall–Kier alpha value is -1.64. The molecular weight excluding hydrogens is 212 g/mol. The molecule has 0 spiro atoms. The summed E-state index contributed by atoms with van der Waals surface area (Å²) in [6.07, 6.45) is 4.38. The maximum Gasteiger partial charge on any atom is 0.119 e. The Balaban J connectivity index is 1.89. The number of para-hydroxylation sites is 1. The van der Waals surface area contributed by atoms with Gasteiger partial charge in [-0.3, -0.25) is 0 Å². The molecule has 0 fully saturated rings. The lowest BCUT2D eigenvalue weighted by molar-refractivity contribution is 0.173. The van der Waals surface area contributed by atoms with Crippen LogP contribution in [0.1, 0.15) is 19.8 Å². The third kappa shape index (κ3) is 3.41. The zero-order valence-corrected chi connectivity index (χ0v) is 10.2. The molecule has 1 aromatic carbocycles. The van der Waals surface area contributed by atoms with E-state index in [9.17, 15) is 0 Å². The van der Waals surface area contributed by atoms with Crippen molar-refractivity contribution >= 4 is 0 Å². The molecule has 1 aliphatic heterocycles. The van der Waals surface area contributed by atoms with Gasteiger partial charge in [-0.2, -0.15) is 0 Å². The molecule has 1 aliphatic rings. The lowest BCUT2D eigenvalue weighted by Crippen LogP contribution is -2.22. The van der Waals surface area contributed by atoms with Crippen molar-refractivity contribution in [2.24, 2.45) is 11.7 Å². The second-order valence-corrected chi connectivity index (χ2v) is 4.46. The van der Waals surface area contributed by atoms with Gasteiger partial charge in [0.05, 0.1) is 11.9 Å². The molecule has 0 unspecified atom stereocenters. The van der Waals surface area contributed by atoms with Crippen molar-refractivity contribution < 1.29 is 4.74 Å². The van der Waals surface area contributed by atoms with E-state index >= 15 is 0 Å². The van der Waals surface area contributed by atoms with E-state index in [1.54, 1.807) is 0 Å². The zero-order valence-electron chi connectivity index (χ0n) is 10.2. The Bertz CT molecular complexity index is 375. The molecule has 1 heterocycles. The molecule has 92 valence electrons. The summed E-state index contributed by atoms with van der Waals surface area (Å²) in [5.74, 6) is 2.23. The van der Waals surface area contributed by atoms with Crippen LogP contribution in [0.5, 0.6) is 5.75 Å². The molecular formula is C14H20N2O. The van der Waals surface area contributed by atoms with Gasteiger partial charge in [-0.1, -0.05) is 25.1 Å². The van der Waals surface area contributed by atoms with E-state index in [1.807, 2.05) is 30.3 Å². The van der Waals surface area contributed by atoms with E-state index in [1.165, 1.54) is 0 Å². The molecule has 2 rings (SSSR count). The highest BCUT2D eigenvalue weighted by Gasteiger charge is 2.18. The lowest BCUT2D eigenvalue weighted by atomic mass is 10.0. The van der Waals surface area contributed by atoms with Crippen LogP contribution in [0.3, 0.4) is 0 Å². The maximum atomic E-state index is 5.96. The molecule has 17 heavy (non-hydrogen) atoms. The van der Waals surface area contributed by atoms with Crippen LogP contribution in [0.15, 0.2) is 42.2 Å². The summed E-state index contributed by atoms with van der Waals surface area (Å²) in [5, 5.41) is 3.15. The first-order chi connectivity index (χ1) is 8.28. The second kappa shape index (κ2) is 5.62. The molecule has 0 saturated heterocycles. The Labute approximate surface area is 103 Å². The normalized spacial score (nSPS) is 20.5. The average molecular weight is 232 g/mol. The Morgan fingerprint density at radius 1 is 1.41 bits per heavy atom. The van der Waals surface area contributed by atoms with Gasteiger partial charge in [0.25, 0.3) is 0 Å². The van der Waals surface area contributed by atoms with Crippen molar-refractivity contribution in [1.82, 2.24) is 5.32 Å². The number of benzene rings is 1. The standard InChI is InChI=1S/C14H20N2O/c1-2-12(8-11-9-14(15)16-10-11)17-13-6-4-3-5-7-13/h3-7,9,11-12,16H,2,8,10,15H2,1H3/t11-,12-/m0/s1. The van der Waals surface area contributed by atoms with E-state index < -0.39 is 0 Å². The van der Waals surface area contributed by atoms with Gasteiger partial charge in [-0.15, -0.1) is 0 Å². The SMILES string of the molecule is CC[C@@H](C[C@H]1C=C(N)NC1)Oc1ccccc1. The summed E-state index contributed by atoms with van der Waals surface area (Å²) in [6.45, 7) is 3.09. The Kier molecular flexibility index (Phi) is 3.91. The first kappa shape index (κ1) is 11.8. The minimum Gasteiger partial charge on any atom is -0.490 e. The van der Waals surface area contributed by atoms with E-state index in [0.717, 1.165) is 31.0 Å². The Morgan fingerprint density at radius 3 is 2.76 bits per heavy atom. The largest absolute Gasteiger partial charge is 0.490 e. The predicted octanol–water partition coefficient (Wildman–Crippen LogP) is 2.25. The average Bonchev–Trinajstić information content (AvgIpc) is 2.75. The summed E-state index contributed by atoms with van der Waals surface area (Å²) in [6, 6.07) is 9.99. The van der Waals surface area contributed by atoms with Gasteiger partial charge in [-0.05, 0) is 31.1 Å². The third-order valence-electron chi connectivity index (χ3n) is 3.05. The molecule has 0 bridgehead atoms. The quantitative estimate of drug-likeness (QED) is 0.818. The minimum atomic E-state index is 0.256. The van der Waals surface area contributed by atoms with Crippen molar-refractivity contribution in [3.05, 3.63) is 42.2 Å². The molecule has 3 N–H and O–H groups in total. The van der Waals surface area contributed by atoms with Crippen LogP contribution in [0.2, 0.25) is 0 Å². The van der Waals surface area contributed by atoms with Crippen molar-refractivity contribution in [3.8, 4) is 5.75 Å². The van der Waals surface area contributed by atoms with Crippen LogP contribution in [-0.4, -0.2) is 12.6 Å². The van der Waals surface area contributed by atoms with Gasteiger partial charge < -0.3 is 15.8 Å². The highest BCUT2D eigenvalue weighted by molar-refractivity contribution is 5.21. The van der Waals surface area contributed by atoms with Gasteiger partial charge in [0, 0.05) is 12.5 Å². The van der Waals surface area contributed by atoms with Crippen molar-refractivity contribution in [3.63, 3.8) is 0 Å². The molecule has 0 saturated carbocycles. The van der Waals surface area contributed by atoms with Gasteiger partial charge in [-0.25, -0.2) is 0 Å². The van der Waals surface area contributed by atoms with Crippen LogP contribution >= 0.6 is 0 Å². The lowest BCUT2D eigenvalue weighted by Gasteiger charge is -2.19. The fraction of sp³-hybridized carbons (Fsp3) is 0.429. The summed E-state index contributed by atoms with van der Waals surface area (Å²) < 4.78 is 5.96. The molecule has 0 aliphatic carbocycles. The number of nitrogens with one attached hydrogen (secondary N) is 1. The van der Waals surface area contributed by atoms with Gasteiger partial charge in [0.1, 0.15) is 5.75 Å². The van der Waals surface area contributed by atoms with Gasteiger partial charge in [0.15, 0.2) is 0 Å². The molecule has 1 aromatic rings. The summed E-state index contributed by atoms with van der Waals surface area (Å²) in [4.78, 5) is 0. The zero-order chi connectivity index (χ0) is 12.1. The minimum absolute atomic E-state index is 0.256. The van der Waals surface area contributed by atoms with E-state index in [4.69, 9.17) is 10.5 Å². The maximum absolute atomic E-state index is 5.96. The van der Waals surface area contributed by atoms with E-state index in [-0.39, 0.29) is 6.10 Å². The van der Waals surface area contributed by atoms with Crippen molar-refractivity contribution in [2.45, 2.75) is 25.9 Å². The van der Waals surface area contributed by atoms with Crippen LogP contribution in [0, 0.1) is 5.92 Å². The molecule has 2 atom stereocenters. The number of nitrogens with two attached hydrogens (primary N) is 1. The number of rotatable bonds is 5. The molecule has 3 nitrogen and oxygen atoms in total. The topological polar surface area (TPSA) is 47.3 Å². The molecule has 0 amide bonds. The molecule has 3 heteroatoms. The fourth-order valence-electron chi connectivity index (χ4n) is 2.10. The molecule has 0 radical (unpaired) electrons.